The Morgan fingerprint density at radius 3 is 2.60 bits per heavy atom. The summed E-state index contributed by atoms with van der Waals surface area (Å²) >= 11 is 0. The molecule has 0 unspecified atom stereocenters. The lowest BCUT2D eigenvalue weighted by Gasteiger charge is -2.26. The van der Waals surface area contributed by atoms with Gasteiger partial charge in [0.05, 0.1) is 14.2 Å². The molecule has 0 radical (unpaired) electrons. The number of hydrogen-bond acceptors (Lipinski definition) is 6. The van der Waals surface area contributed by atoms with Crippen molar-refractivity contribution in [3.05, 3.63) is 48.0 Å². The maximum absolute atomic E-state index is 12.6. The van der Waals surface area contributed by atoms with E-state index in [4.69, 9.17) is 14.2 Å². The van der Waals surface area contributed by atoms with E-state index in [1.165, 1.54) is 7.11 Å². The lowest BCUT2D eigenvalue weighted by atomic mass is 9.94. The Morgan fingerprint density at radius 1 is 1.20 bits per heavy atom. The molecule has 3 rings (SSSR count). The number of carbonyl (C=O) groups excluding carboxylic acids is 1. The zero-order valence-corrected chi connectivity index (χ0v) is 13.9. The van der Waals surface area contributed by atoms with E-state index in [1.54, 1.807) is 37.4 Å². The van der Waals surface area contributed by atoms with Crippen LogP contribution in [-0.4, -0.2) is 31.2 Å². The number of nitrogens with zero attached hydrogens (tertiary/aromatic N) is 1. The smallest absolute Gasteiger partial charge is 0.244 e. The third-order valence-corrected chi connectivity index (χ3v) is 3.98. The molecule has 130 valence electrons. The second-order valence-electron chi connectivity index (χ2n) is 5.46. The van der Waals surface area contributed by atoms with Crippen molar-refractivity contribution in [1.82, 2.24) is 0 Å². The molecule has 2 N–H and O–H groups in total. The zero-order chi connectivity index (χ0) is 17.8. The number of fused-ring (bicyclic) bond motifs is 1. The number of oxime groups is 1. The number of anilines is 1. The number of methoxy groups -OCH3 is 2. The molecule has 2 aromatic carbocycles. The van der Waals surface area contributed by atoms with E-state index in [1.807, 2.05) is 12.1 Å². The highest BCUT2D eigenvalue weighted by atomic mass is 16.5. The van der Waals surface area contributed by atoms with Gasteiger partial charge in [-0.2, -0.15) is 0 Å². The van der Waals surface area contributed by atoms with Crippen LogP contribution in [0.1, 0.15) is 5.56 Å². The van der Waals surface area contributed by atoms with Crippen LogP contribution in [0.5, 0.6) is 17.2 Å². The number of hydrogen-bond donors (Lipinski definition) is 2. The van der Waals surface area contributed by atoms with Gasteiger partial charge in [0, 0.05) is 11.3 Å². The van der Waals surface area contributed by atoms with E-state index >= 15 is 0 Å². The van der Waals surface area contributed by atoms with Crippen LogP contribution in [0.25, 0.3) is 0 Å². The molecule has 0 spiro atoms. The Labute approximate surface area is 144 Å². The molecule has 25 heavy (non-hydrogen) atoms. The number of para-hydroxylation sites is 1. The van der Waals surface area contributed by atoms with Crippen LogP contribution >= 0.6 is 0 Å². The number of amides is 1. The maximum atomic E-state index is 12.6. The third-order valence-electron chi connectivity index (χ3n) is 3.98. The van der Waals surface area contributed by atoms with Crippen LogP contribution in [-0.2, 0) is 11.2 Å². The first-order chi connectivity index (χ1) is 12.2. The van der Waals surface area contributed by atoms with E-state index in [0.29, 0.717) is 29.4 Å². The maximum Gasteiger partial charge on any atom is 0.244 e. The number of ether oxygens (including phenoxy) is 3. The third kappa shape index (κ3) is 3.35. The molecule has 1 atom stereocenters. The first-order valence-corrected chi connectivity index (χ1v) is 7.67. The summed E-state index contributed by atoms with van der Waals surface area (Å²) in [6.45, 7) is 0. The first-order valence-electron chi connectivity index (χ1n) is 7.67. The molecule has 2 aromatic rings. The van der Waals surface area contributed by atoms with Crippen LogP contribution in [0.15, 0.2) is 47.6 Å². The van der Waals surface area contributed by atoms with Crippen LogP contribution in [0.2, 0.25) is 0 Å². The molecule has 0 bridgehead atoms. The highest BCUT2D eigenvalue weighted by Gasteiger charge is 2.34. The molecule has 1 aliphatic rings. The monoisotopic (exact) mass is 342 g/mol. The van der Waals surface area contributed by atoms with Gasteiger partial charge in [-0.05, 0) is 36.8 Å². The molecule has 0 saturated heterocycles. The molecule has 7 nitrogen and oxygen atoms in total. The van der Waals surface area contributed by atoms with Gasteiger partial charge in [-0.15, -0.1) is 0 Å². The summed E-state index contributed by atoms with van der Waals surface area (Å²) < 4.78 is 15.9. The number of benzene rings is 2. The average Bonchev–Trinajstić information content (AvgIpc) is 2.66. The number of rotatable bonds is 4. The van der Waals surface area contributed by atoms with Gasteiger partial charge >= 0.3 is 0 Å². The Morgan fingerprint density at radius 2 is 1.96 bits per heavy atom. The fraction of sp³-hybridized carbons (Fsp3) is 0.222. The van der Waals surface area contributed by atoms with E-state index in [-0.39, 0.29) is 11.8 Å². The molecule has 0 fully saturated rings. The highest BCUT2D eigenvalue weighted by Crippen LogP contribution is 2.37. The largest absolute Gasteiger partial charge is 0.497 e. The van der Waals surface area contributed by atoms with Gasteiger partial charge in [-0.25, -0.2) is 0 Å². The summed E-state index contributed by atoms with van der Waals surface area (Å²) in [5, 5.41) is 15.2. The minimum atomic E-state index is -0.744. The van der Waals surface area contributed by atoms with Crippen molar-refractivity contribution >= 4 is 17.5 Å². The first kappa shape index (κ1) is 16.6. The van der Waals surface area contributed by atoms with Gasteiger partial charge in [0.25, 0.3) is 0 Å². The predicted octanol–water partition coefficient (Wildman–Crippen LogP) is 2.68. The van der Waals surface area contributed by atoms with Crippen LogP contribution in [0, 0.1) is 5.92 Å². The van der Waals surface area contributed by atoms with Crippen molar-refractivity contribution in [3.63, 3.8) is 0 Å². The summed E-state index contributed by atoms with van der Waals surface area (Å²) in [5.74, 6) is 0.540. The van der Waals surface area contributed by atoms with E-state index < -0.39 is 5.92 Å². The summed E-state index contributed by atoms with van der Waals surface area (Å²) in [6.07, 6.45) is 0.341. The van der Waals surface area contributed by atoms with Gasteiger partial charge in [-0.3, -0.25) is 4.79 Å². The van der Waals surface area contributed by atoms with Gasteiger partial charge < -0.3 is 24.7 Å². The normalized spacial score (nSPS) is 17.4. The fourth-order valence-electron chi connectivity index (χ4n) is 2.68. The second-order valence-corrected chi connectivity index (χ2v) is 5.46. The molecule has 0 aliphatic carbocycles. The summed E-state index contributed by atoms with van der Waals surface area (Å²) in [7, 11) is 3.10. The van der Waals surface area contributed by atoms with Crippen LogP contribution < -0.4 is 19.5 Å². The second kappa shape index (κ2) is 7.12. The Hall–Kier alpha value is -3.22. The topological polar surface area (TPSA) is 89.4 Å². The van der Waals surface area contributed by atoms with Crippen molar-refractivity contribution < 1.29 is 24.2 Å². The Bertz CT molecular complexity index is 802. The lowest BCUT2D eigenvalue weighted by Crippen LogP contribution is -2.37. The predicted molar refractivity (Wildman–Crippen MR) is 91.7 cm³/mol. The number of nitrogens with one attached hydrogen (secondary N) is 1. The summed E-state index contributed by atoms with van der Waals surface area (Å²) in [6, 6.07) is 12.4. The molecule has 1 heterocycles. The Kier molecular flexibility index (Phi) is 4.74. The summed E-state index contributed by atoms with van der Waals surface area (Å²) in [4.78, 5) is 12.6. The van der Waals surface area contributed by atoms with E-state index in [9.17, 15) is 10.0 Å². The SMILES string of the molecule is COc1ccc(NC(=O)[C@H]2Cc3cccc(OC)c3O/C2=N/O)cc1. The average molecular weight is 342 g/mol. The van der Waals surface area contributed by atoms with E-state index in [0.717, 1.165) is 5.56 Å². The van der Waals surface area contributed by atoms with Crippen molar-refractivity contribution in [2.24, 2.45) is 11.1 Å². The minimum absolute atomic E-state index is 0.0667. The van der Waals surface area contributed by atoms with Crippen molar-refractivity contribution in [3.8, 4) is 17.2 Å². The zero-order valence-electron chi connectivity index (χ0n) is 13.9. The van der Waals surface area contributed by atoms with Crippen molar-refractivity contribution in [1.29, 1.82) is 0 Å². The fourth-order valence-corrected chi connectivity index (χ4v) is 2.68. The number of carbonyl (C=O) groups is 1. The molecule has 7 heteroatoms. The Balaban J connectivity index is 1.81. The quantitative estimate of drug-likeness (QED) is 0.659. The van der Waals surface area contributed by atoms with E-state index in [2.05, 4.69) is 10.5 Å². The minimum Gasteiger partial charge on any atom is -0.497 e. The molecule has 0 saturated carbocycles. The van der Waals surface area contributed by atoms with Gasteiger partial charge in [0.1, 0.15) is 11.7 Å². The molecule has 1 amide bonds. The standard InChI is InChI=1S/C18H18N2O5/c1-23-13-8-6-12(7-9-13)19-17(21)14-10-11-4-3-5-15(24-2)16(11)25-18(14)20-22/h3-9,14,22H,10H2,1-2H3,(H,19,21)/b20-18+/t14-/m1/s1. The van der Waals surface area contributed by atoms with Crippen LogP contribution in [0.3, 0.4) is 0 Å². The lowest BCUT2D eigenvalue weighted by molar-refractivity contribution is -0.118. The summed E-state index contributed by atoms with van der Waals surface area (Å²) in [5.41, 5.74) is 1.42. The van der Waals surface area contributed by atoms with Gasteiger partial charge in [0.2, 0.25) is 11.8 Å². The molecule has 0 aromatic heterocycles. The van der Waals surface area contributed by atoms with Gasteiger partial charge in [-0.1, -0.05) is 17.3 Å². The van der Waals surface area contributed by atoms with Crippen molar-refractivity contribution in [2.45, 2.75) is 6.42 Å². The van der Waals surface area contributed by atoms with Gasteiger partial charge in [0.15, 0.2) is 11.5 Å². The highest BCUT2D eigenvalue weighted by molar-refractivity contribution is 6.08. The molecular weight excluding hydrogens is 324 g/mol. The van der Waals surface area contributed by atoms with Crippen LogP contribution in [0.4, 0.5) is 5.69 Å². The molecule has 1 aliphatic heterocycles. The molecular formula is C18H18N2O5. The van der Waals surface area contributed by atoms with Crippen molar-refractivity contribution in [2.75, 3.05) is 19.5 Å².